The van der Waals surface area contributed by atoms with Crippen LogP contribution in [0.5, 0.6) is 0 Å². The van der Waals surface area contributed by atoms with E-state index >= 15 is 0 Å². The molecule has 3 nitrogen and oxygen atoms in total. The number of aromatic nitrogens is 3. The molecule has 0 bridgehead atoms. The van der Waals surface area contributed by atoms with Crippen molar-refractivity contribution in [2.45, 2.75) is 0 Å². The molecule has 4 heteroatoms. The average molecular weight is 424 g/mol. The monoisotopic (exact) mass is 423 g/mol. The molecule has 0 unspecified atom stereocenters. The Balaban J connectivity index is 2.02. The van der Waals surface area contributed by atoms with Crippen LogP contribution < -0.4 is 0 Å². The van der Waals surface area contributed by atoms with Crippen molar-refractivity contribution in [2.75, 3.05) is 0 Å². The summed E-state index contributed by atoms with van der Waals surface area (Å²) < 4.78 is 3.40. The zero-order chi connectivity index (χ0) is 18.7. The third-order valence-corrected chi connectivity index (χ3v) is 5.80. The molecular formula is C24H14BrN3. The van der Waals surface area contributed by atoms with Gasteiger partial charge in [0, 0.05) is 44.1 Å². The minimum Gasteiger partial charge on any atom is -0.308 e. The van der Waals surface area contributed by atoms with Crippen LogP contribution in [0.15, 0.2) is 89.7 Å². The zero-order valence-electron chi connectivity index (χ0n) is 14.8. The van der Waals surface area contributed by atoms with E-state index in [0.29, 0.717) is 0 Å². The summed E-state index contributed by atoms with van der Waals surface area (Å²) in [5, 5.41) is 4.67. The first-order valence-electron chi connectivity index (χ1n) is 9.13. The average Bonchev–Trinajstić information content (AvgIpc) is 3.09. The molecule has 0 spiro atoms. The predicted molar refractivity (Wildman–Crippen MR) is 119 cm³/mol. The second-order valence-electron chi connectivity index (χ2n) is 6.86. The molecule has 132 valence electrons. The molecule has 0 aliphatic heterocycles. The first kappa shape index (κ1) is 15.8. The van der Waals surface area contributed by atoms with Gasteiger partial charge in [0.25, 0.3) is 0 Å². The quantitative estimate of drug-likeness (QED) is 0.277. The Kier molecular flexibility index (Phi) is 3.31. The van der Waals surface area contributed by atoms with Crippen molar-refractivity contribution in [3.63, 3.8) is 0 Å². The van der Waals surface area contributed by atoms with Gasteiger partial charge in [-0.2, -0.15) is 0 Å². The van der Waals surface area contributed by atoms with Crippen LogP contribution in [0.4, 0.5) is 0 Å². The minimum atomic E-state index is 0.935. The zero-order valence-corrected chi connectivity index (χ0v) is 16.4. The first-order valence-corrected chi connectivity index (χ1v) is 9.93. The maximum atomic E-state index is 4.70. The summed E-state index contributed by atoms with van der Waals surface area (Å²) in [6.07, 6.45) is 3.68. The van der Waals surface area contributed by atoms with E-state index < -0.39 is 0 Å². The molecule has 6 aromatic rings. The highest BCUT2D eigenvalue weighted by molar-refractivity contribution is 9.10. The summed E-state index contributed by atoms with van der Waals surface area (Å²) in [6.45, 7) is 0. The summed E-state index contributed by atoms with van der Waals surface area (Å²) in [7, 11) is 0. The Labute approximate surface area is 169 Å². The second-order valence-corrected chi connectivity index (χ2v) is 7.77. The normalized spacial score (nSPS) is 11.8. The van der Waals surface area contributed by atoms with Crippen molar-refractivity contribution >= 4 is 59.5 Å². The Morgan fingerprint density at radius 3 is 2.18 bits per heavy atom. The van der Waals surface area contributed by atoms with E-state index in [1.807, 2.05) is 30.6 Å². The number of fused-ring (bicyclic) bond motifs is 8. The molecule has 3 aromatic heterocycles. The molecule has 0 aliphatic carbocycles. The van der Waals surface area contributed by atoms with Gasteiger partial charge >= 0.3 is 0 Å². The SMILES string of the molecule is Brc1ccc2c3c4cccnc4c4ncccc4c3n(-c3ccccc3)c2c1. The molecule has 6 rings (SSSR count). The Morgan fingerprint density at radius 2 is 1.39 bits per heavy atom. The largest absolute Gasteiger partial charge is 0.308 e. The summed E-state index contributed by atoms with van der Waals surface area (Å²) in [6, 6.07) is 25.3. The molecule has 3 heterocycles. The van der Waals surface area contributed by atoms with Crippen molar-refractivity contribution in [3.8, 4) is 5.69 Å². The van der Waals surface area contributed by atoms with Gasteiger partial charge in [0.1, 0.15) is 0 Å². The highest BCUT2D eigenvalue weighted by atomic mass is 79.9. The van der Waals surface area contributed by atoms with Gasteiger partial charge in [0.05, 0.1) is 22.1 Å². The van der Waals surface area contributed by atoms with E-state index in [0.717, 1.165) is 37.5 Å². The number of hydrogen-bond acceptors (Lipinski definition) is 2. The van der Waals surface area contributed by atoms with E-state index in [1.54, 1.807) is 0 Å². The molecule has 0 fully saturated rings. The van der Waals surface area contributed by atoms with Crippen LogP contribution in [0, 0.1) is 0 Å². The summed E-state index contributed by atoms with van der Waals surface area (Å²) in [5.41, 5.74) is 5.35. The molecule has 0 amide bonds. The lowest BCUT2D eigenvalue weighted by molar-refractivity contribution is 1.18. The van der Waals surface area contributed by atoms with Crippen molar-refractivity contribution in [1.29, 1.82) is 0 Å². The van der Waals surface area contributed by atoms with Crippen molar-refractivity contribution < 1.29 is 0 Å². The van der Waals surface area contributed by atoms with Gasteiger partial charge in [0.15, 0.2) is 0 Å². The third-order valence-electron chi connectivity index (χ3n) is 5.31. The van der Waals surface area contributed by atoms with Gasteiger partial charge in [-0.25, -0.2) is 0 Å². The number of halogens is 1. The fourth-order valence-corrected chi connectivity index (χ4v) is 4.56. The molecule has 0 radical (unpaired) electrons. The van der Waals surface area contributed by atoms with Gasteiger partial charge in [-0.05, 0) is 42.5 Å². The maximum absolute atomic E-state index is 4.70. The van der Waals surface area contributed by atoms with Crippen LogP contribution in [-0.2, 0) is 0 Å². The van der Waals surface area contributed by atoms with Gasteiger partial charge in [0.2, 0.25) is 0 Å². The van der Waals surface area contributed by atoms with Crippen LogP contribution in [-0.4, -0.2) is 14.5 Å². The van der Waals surface area contributed by atoms with E-state index in [-0.39, 0.29) is 0 Å². The third kappa shape index (κ3) is 2.09. The van der Waals surface area contributed by atoms with E-state index in [9.17, 15) is 0 Å². The molecule has 0 saturated carbocycles. The van der Waals surface area contributed by atoms with Crippen LogP contribution >= 0.6 is 15.9 Å². The summed E-state index contributed by atoms with van der Waals surface area (Å²) >= 11 is 3.66. The predicted octanol–water partition coefficient (Wildman–Crippen LogP) is 6.64. The van der Waals surface area contributed by atoms with Gasteiger partial charge in [-0.1, -0.05) is 46.3 Å². The van der Waals surface area contributed by atoms with E-state index in [1.165, 1.54) is 16.3 Å². The second kappa shape index (κ2) is 5.88. The number of para-hydroxylation sites is 1. The van der Waals surface area contributed by atoms with Crippen LogP contribution in [0.3, 0.4) is 0 Å². The standard InChI is InChI=1S/C24H14BrN3/c25-15-10-11-17-20(14-15)28(16-6-2-1-3-7-16)24-19-9-5-13-27-23(19)22-18(21(17)24)8-4-12-26-22/h1-14H. The Morgan fingerprint density at radius 1 is 0.679 bits per heavy atom. The first-order chi connectivity index (χ1) is 13.8. The van der Waals surface area contributed by atoms with E-state index in [4.69, 9.17) is 4.98 Å². The lowest BCUT2D eigenvalue weighted by atomic mass is 10.0. The summed E-state index contributed by atoms with van der Waals surface area (Å²) in [4.78, 5) is 9.38. The number of pyridine rings is 2. The smallest absolute Gasteiger partial charge is 0.0986 e. The topological polar surface area (TPSA) is 30.7 Å². The van der Waals surface area contributed by atoms with Crippen molar-refractivity contribution in [1.82, 2.24) is 14.5 Å². The van der Waals surface area contributed by atoms with Crippen LogP contribution in [0.1, 0.15) is 0 Å². The fourth-order valence-electron chi connectivity index (χ4n) is 4.21. The number of rotatable bonds is 1. The molecule has 3 aromatic carbocycles. The van der Waals surface area contributed by atoms with Crippen molar-refractivity contribution in [3.05, 3.63) is 89.7 Å². The molecule has 0 saturated heterocycles. The summed E-state index contributed by atoms with van der Waals surface area (Å²) in [5.74, 6) is 0. The highest BCUT2D eigenvalue weighted by Crippen LogP contribution is 2.41. The fraction of sp³-hybridized carbons (Fsp3) is 0. The molecular weight excluding hydrogens is 410 g/mol. The van der Waals surface area contributed by atoms with Crippen LogP contribution in [0.2, 0.25) is 0 Å². The van der Waals surface area contributed by atoms with Gasteiger partial charge in [-0.15, -0.1) is 0 Å². The minimum absolute atomic E-state index is 0.935. The molecule has 28 heavy (non-hydrogen) atoms. The lowest BCUT2D eigenvalue weighted by Gasteiger charge is -2.11. The maximum Gasteiger partial charge on any atom is 0.0986 e. The number of benzene rings is 3. The van der Waals surface area contributed by atoms with Crippen LogP contribution in [0.25, 0.3) is 49.3 Å². The van der Waals surface area contributed by atoms with Gasteiger partial charge < -0.3 is 4.57 Å². The Bertz CT molecular complexity index is 1520. The van der Waals surface area contributed by atoms with E-state index in [2.05, 4.69) is 80.1 Å². The molecule has 0 atom stereocenters. The molecule has 0 aliphatic rings. The number of hydrogen-bond donors (Lipinski definition) is 0. The lowest BCUT2D eigenvalue weighted by Crippen LogP contribution is -1.95. The Hall–Kier alpha value is -3.24. The molecule has 0 N–H and O–H groups in total. The van der Waals surface area contributed by atoms with Crippen molar-refractivity contribution in [2.24, 2.45) is 0 Å². The highest BCUT2D eigenvalue weighted by Gasteiger charge is 2.19. The number of nitrogens with zero attached hydrogens (tertiary/aromatic N) is 3. The van der Waals surface area contributed by atoms with Gasteiger partial charge in [-0.3, -0.25) is 9.97 Å².